The summed E-state index contributed by atoms with van der Waals surface area (Å²) in [6.07, 6.45) is 5.01. The number of piperidine rings is 1. The van der Waals surface area contributed by atoms with Crippen LogP contribution in [0.1, 0.15) is 25.7 Å². The first-order valence-electron chi connectivity index (χ1n) is 4.75. The lowest BCUT2D eigenvalue weighted by atomic mass is 9.91. The van der Waals surface area contributed by atoms with Gasteiger partial charge in [-0.3, -0.25) is 0 Å². The lowest BCUT2D eigenvalue weighted by Gasteiger charge is -2.28. The van der Waals surface area contributed by atoms with Crippen LogP contribution in [-0.2, 0) is 0 Å². The summed E-state index contributed by atoms with van der Waals surface area (Å²) in [6.45, 7) is 2.04. The van der Waals surface area contributed by atoms with Gasteiger partial charge >= 0.3 is 0 Å². The highest BCUT2D eigenvalue weighted by Gasteiger charge is 2.30. The van der Waals surface area contributed by atoms with Gasteiger partial charge in [-0.1, -0.05) is 12.8 Å². The van der Waals surface area contributed by atoms with Crippen molar-refractivity contribution in [1.82, 2.24) is 5.32 Å². The molecule has 1 saturated carbocycles. The molecule has 2 nitrogen and oxygen atoms in total. The maximum Gasteiger partial charge on any atom is 0.0592 e. The first-order valence-corrected chi connectivity index (χ1v) is 4.75. The molecule has 2 fully saturated rings. The van der Waals surface area contributed by atoms with E-state index in [-0.39, 0.29) is 6.10 Å². The minimum Gasteiger partial charge on any atom is -0.393 e. The van der Waals surface area contributed by atoms with Crippen LogP contribution in [-0.4, -0.2) is 24.3 Å². The first-order chi connectivity index (χ1) is 5.36. The van der Waals surface area contributed by atoms with Gasteiger partial charge in [0.2, 0.25) is 0 Å². The third-order valence-electron chi connectivity index (χ3n) is 2.90. The molecule has 0 aromatic heterocycles. The van der Waals surface area contributed by atoms with Crippen molar-refractivity contribution in [3.8, 4) is 0 Å². The zero-order chi connectivity index (χ0) is 7.68. The summed E-state index contributed by atoms with van der Waals surface area (Å²) in [5.74, 6) is 1.51. The van der Waals surface area contributed by atoms with Crippen LogP contribution in [0.2, 0.25) is 0 Å². The van der Waals surface area contributed by atoms with Crippen LogP contribution < -0.4 is 5.32 Å². The van der Waals surface area contributed by atoms with E-state index in [1.807, 2.05) is 0 Å². The predicted molar refractivity (Wildman–Crippen MR) is 44.3 cm³/mol. The number of nitrogens with one attached hydrogen (secondary N) is 1. The fourth-order valence-corrected chi connectivity index (χ4v) is 1.93. The van der Waals surface area contributed by atoms with Crippen molar-refractivity contribution in [2.24, 2.45) is 11.8 Å². The number of aliphatic hydroxyl groups excluding tert-OH is 1. The van der Waals surface area contributed by atoms with Gasteiger partial charge in [0.05, 0.1) is 6.10 Å². The van der Waals surface area contributed by atoms with Crippen LogP contribution in [0.15, 0.2) is 0 Å². The highest BCUT2D eigenvalue weighted by Crippen LogP contribution is 2.36. The lowest BCUT2D eigenvalue weighted by Crippen LogP contribution is -2.40. The quantitative estimate of drug-likeness (QED) is 0.617. The predicted octanol–water partition coefficient (Wildman–Crippen LogP) is 0.757. The smallest absolute Gasteiger partial charge is 0.0592 e. The molecule has 0 aromatic rings. The van der Waals surface area contributed by atoms with Crippen molar-refractivity contribution in [3.05, 3.63) is 0 Å². The average molecular weight is 155 g/mol. The molecular formula is C9H17NO. The number of hydrogen-bond donors (Lipinski definition) is 2. The molecule has 1 heterocycles. The zero-order valence-electron chi connectivity index (χ0n) is 6.92. The summed E-state index contributed by atoms with van der Waals surface area (Å²) < 4.78 is 0. The Kier molecular flexibility index (Phi) is 2.14. The van der Waals surface area contributed by atoms with Crippen LogP contribution in [0.25, 0.3) is 0 Å². The molecule has 1 aliphatic heterocycles. The molecule has 2 rings (SSSR count). The summed E-state index contributed by atoms with van der Waals surface area (Å²) in [5, 5.41) is 12.9. The maximum atomic E-state index is 9.61. The van der Waals surface area contributed by atoms with Crippen molar-refractivity contribution >= 4 is 0 Å². The SMILES string of the molecule is O[C@@H]1CCNC[C@@H]1CC1CC1. The molecule has 0 aromatic carbocycles. The standard InChI is InChI=1S/C9H17NO/c11-9-3-4-10-6-8(9)5-7-1-2-7/h7-11H,1-6H2/t8-,9+/m0/s1. The van der Waals surface area contributed by atoms with Gasteiger partial charge < -0.3 is 10.4 Å². The highest BCUT2D eigenvalue weighted by atomic mass is 16.3. The lowest BCUT2D eigenvalue weighted by molar-refractivity contribution is 0.0716. The van der Waals surface area contributed by atoms with Gasteiger partial charge in [-0.15, -0.1) is 0 Å². The third-order valence-corrected chi connectivity index (χ3v) is 2.90. The molecule has 1 saturated heterocycles. The van der Waals surface area contributed by atoms with Gasteiger partial charge in [0, 0.05) is 6.54 Å². The minimum absolute atomic E-state index is 0.0168. The minimum atomic E-state index is -0.0168. The van der Waals surface area contributed by atoms with E-state index in [0.29, 0.717) is 5.92 Å². The van der Waals surface area contributed by atoms with Crippen LogP contribution in [0.3, 0.4) is 0 Å². The van der Waals surface area contributed by atoms with Crippen LogP contribution in [0, 0.1) is 11.8 Å². The van der Waals surface area contributed by atoms with E-state index in [1.165, 1.54) is 19.3 Å². The maximum absolute atomic E-state index is 9.61. The second kappa shape index (κ2) is 3.11. The van der Waals surface area contributed by atoms with E-state index in [4.69, 9.17) is 0 Å². The third kappa shape index (κ3) is 1.94. The molecule has 2 atom stereocenters. The molecule has 2 heteroatoms. The average Bonchev–Trinajstić information content (AvgIpc) is 2.78. The van der Waals surface area contributed by atoms with Gasteiger partial charge in [-0.25, -0.2) is 0 Å². The molecule has 0 unspecified atom stereocenters. The molecule has 1 aliphatic carbocycles. The Morgan fingerprint density at radius 2 is 2.09 bits per heavy atom. The summed E-state index contributed by atoms with van der Waals surface area (Å²) >= 11 is 0. The van der Waals surface area contributed by atoms with E-state index >= 15 is 0 Å². The van der Waals surface area contributed by atoms with Crippen molar-refractivity contribution < 1.29 is 5.11 Å². The molecule has 0 amide bonds. The Labute approximate surface area is 68.0 Å². The van der Waals surface area contributed by atoms with Gasteiger partial charge in [-0.2, -0.15) is 0 Å². The number of aliphatic hydroxyl groups is 1. The molecule has 0 bridgehead atoms. The molecular weight excluding hydrogens is 138 g/mol. The summed E-state index contributed by atoms with van der Waals surface area (Å²) in [6, 6.07) is 0. The first kappa shape index (κ1) is 7.56. The molecule has 64 valence electrons. The van der Waals surface area contributed by atoms with E-state index in [0.717, 1.165) is 25.4 Å². The van der Waals surface area contributed by atoms with Gasteiger partial charge in [-0.05, 0) is 31.2 Å². The zero-order valence-corrected chi connectivity index (χ0v) is 6.92. The molecule has 2 aliphatic rings. The molecule has 11 heavy (non-hydrogen) atoms. The van der Waals surface area contributed by atoms with Crippen molar-refractivity contribution in [3.63, 3.8) is 0 Å². The van der Waals surface area contributed by atoms with E-state index in [1.54, 1.807) is 0 Å². The van der Waals surface area contributed by atoms with Crippen molar-refractivity contribution in [2.75, 3.05) is 13.1 Å². The highest BCUT2D eigenvalue weighted by molar-refractivity contribution is 4.83. The van der Waals surface area contributed by atoms with E-state index < -0.39 is 0 Å². The van der Waals surface area contributed by atoms with Crippen LogP contribution >= 0.6 is 0 Å². The normalized spacial score (nSPS) is 39.0. The Balaban J connectivity index is 1.78. The Morgan fingerprint density at radius 1 is 1.27 bits per heavy atom. The summed E-state index contributed by atoms with van der Waals surface area (Å²) in [5.41, 5.74) is 0. The van der Waals surface area contributed by atoms with E-state index in [2.05, 4.69) is 5.32 Å². The second-order valence-corrected chi connectivity index (χ2v) is 4.00. The van der Waals surface area contributed by atoms with E-state index in [9.17, 15) is 5.11 Å². The fourth-order valence-electron chi connectivity index (χ4n) is 1.93. The van der Waals surface area contributed by atoms with Crippen LogP contribution in [0.4, 0.5) is 0 Å². The molecule has 2 N–H and O–H groups in total. The summed E-state index contributed by atoms with van der Waals surface area (Å²) in [4.78, 5) is 0. The van der Waals surface area contributed by atoms with Gasteiger partial charge in [0.15, 0.2) is 0 Å². The number of rotatable bonds is 2. The van der Waals surface area contributed by atoms with Crippen molar-refractivity contribution in [2.45, 2.75) is 31.8 Å². The molecule has 0 spiro atoms. The number of hydrogen-bond acceptors (Lipinski definition) is 2. The van der Waals surface area contributed by atoms with Gasteiger partial charge in [0.25, 0.3) is 0 Å². The second-order valence-electron chi connectivity index (χ2n) is 4.00. The Bertz CT molecular complexity index is 134. The van der Waals surface area contributed by atoms with Crippen LogP contribution in [0.5, 0.6) is 0 Å². The molecule has 0 radical (unpaired) electrons. The monoisotopic (exact) mass is 155 g/mol. The van der Waals surface area contributed by atoms with Crippen molar-refractivity contribution in [1.29, 1.82) is 0 Å². The largest absolute Gasteiger partial charge is 0.393 e. The summed E-state index contributed by atoms with van der Waals surface area (Å²) in [7, 11) is 0. The Hall–Kier alpha value is -0.0800. The fraction of sp³-hybridized carbons (Fsp3) is 1.00. The topological polar surface area (TPSA) is 32.3 Å². The van der Waals surface area contributed by atoms with Gasteiger partial charge in [0.1, 0.15) is 0 Å². The Morgan fingerprint density at radius 3 is 2.73 bits per heavy atom.